The smallest absolute Gasteiger partial charge is 0.314 e. The summed E-state index contributed by atoms with van der Waals surface area (Å²) in [6, 6.07) is 5.69. The zero-order valence-electron chi connectivity index (χ0n) is 16.9. The van der Waals surface area contributed by atoms with Gasteiger partial charge in [0.1, 0.15) is 11.2 Å². The number of carboxylic acids is 1. The molecule has 0 aromatic heterocycles. The molecule has 1 heterocycles. The number of ether oxygens (including phenoxy) is 1. The quantitative estimate of drug-likeness (QED) is 0.796. The Balaban J connectivity index is 2.24. The molecule has 150 valence electrons. The molecule has 6 heteroatoms. The maximum absolute atomic E-state index is 13.2. The Hall–Kier alpha value is -2.08. The molecule has 1 aliphatic rings. The summed E-state index contributed by atoms with van der Waals surface area (Å²) >= 11 is 0. The highest BCUT2D eigenvalue weighted by atomic mass is 16.5. The van der Waals surface area contributed by atoms with E-state index in [2.05, 4.69) is 0 Å². The van der Waals surface area contributed by atoms with Crippen LogP contribution < -0.4 is 4.74 Å². The van der Waals surface area contributed by atoms with Gasteiger partial charge in [0.25, 0.3) is 5.91 Å². The minimum atomic E-state index is -1.32. The number of aliphatic hydroxyl groups excluding tert-OH is 1. The number of aliphatic hydroxyl groups is 1. The van der Waals surface area contributed by atoms with Crippen LogP contribution in [0.3, 0.4) is 0 Å². The number of nitrogens with zero attached hydrogens (tertiary/aromatic N) is 1. The van der Waals surface area contributed by atoms with Crippen LogP contribution in [0.4, 0.5) is 0 Å². The highest BCUT2D eigenvalue weighted by molar-refractivity contribution is 5.86. The molecule has 1 fully saturated rings. The molecular weight excluding hydrogens is 346 g/mol. The average molecular weight is 377 g/mol. The van der Waals surface area contributed by atoms with Crippen molar-refractivity contribution in [3.05, 3.63) is 29.3 Å². The van der Waals surface area contributed by atoms with Crippen LogP contribution in [0.1, 0.15) is 51.2 Å². The average Bonchev–Trinajstić information content (AvgIpc) is 2.60. The van der Waals surface area contributed by atoms with Crippen LogP contribution in [-0.2, 0) is 9.59 Å². The van der Waals surface area contributed by atoms with Gasteiger partial charge in [-0.2, -0.15) is 0 Å². The van der Waals surface area contributed by atoms with E-state index in [0.29, 0.717) is 25.1 Å². The van der Waals surface area contributed by atoms with E-state index < -0.39 is 23.1 Å². The zero-order valence-corrected chi connectivity index (χ0v) is 16.9. The summed E-state index contributed by atoms with van der Waals surface area (Å²) < 4.78 is 6.04. The van der Waals surface area contributed by atoms with Crippen molar-refractivity contribution in [1.29, 1.82) is 0 Å². The molecule has 0 unspecified atom stereocenters. The summed E-state index contributed by atoms with van der Waals surface area (Å²) in [7, 11) is 0. The van der Waals surface area contributed by atoms with Gasteiger partial charge in [-0.1, -0.05) is 25.5 Å². The number of rotatable bonds is 6. The molecule has 6 nitrogen and oxygen atoms in total. The third-order valence-electron chi connectivity index (χ3n) is 5.63. The number of hydrogen-bond donors (Lipinski definition) is 2. The highest BCUT2D eigenvalue weighted by Crippen LogP contribution is 2.37. The molecule has 1 aromatic carbocycles. The Morgan fingerprint density at radius 1 is 1.33 bits per heavy atom. The van der Waals surface area contributed by atoms with Gasteiger partial charge in [-0.25, -0.2) is 0 Å². The summed E-state index contributed by atoms with van der Waals surface area (Å²) in [5, 5.41) is 20.1. The fourth-order valence-corrected chi connectivity index (χ4v) is 3.80. The summed E-state index contributed by atoms with van der Waals surface area (Å²) in [5.41, 5.74) is -0.419. The maximum Gasteiger partial charge on any atom is 0.314 e. The molecule has 0 spiro atoms. The molecule has 2 atom stereocenters. The third kappa shape index (κ3) is 4.10. The molecular formula is C21H31NO5. The molecule has 0 aliphatic carbocycles. The van der Waals surface area contributed by atoms with E-state index in [-0.39, 0.29) is 18.9 Å². The fourth-order valence-electron chi connectivity index (χ4n) is 3.80. The van der Waals surface area contributed by atoms with Gasteiger partial charge in [-0.3, -0.25) is 9.59 Å². The van der Waals surface area contributed by atoms with Crippen LogP contribution in [0, 0.1) is 19.3 Å². The standard InChI is InChI=1S/C21H31NO5/c1-6-11-21(19(25)26)13-22(12-10-17(21)23)18(24)20(4,5)27-16-9-7-8-14(2)15(16)3/h7-9,17,23H,6,10-13H2,1-5H3,(H,25,26)/t17-,21+/m1/s1. The van der Waals surface area contributed by atoms with Crippen LogP contribution in [0.5, 0.6) is 5.75 Å². The number of likely N-dealkylation sites (tertiary alicyclic amines) is 1. The topological polar surface area (TPSA) is 87.1 Å². The molecule has 0 saturated carbocycles. The van der Waals surface area contributed by atoms with Crippen molar-refractivity contribution >= 4 is 11.9 Å². The Bertz CT molecular complexity index is 715. The van der Waals surface area contributed by atoms with Crippen LogP contribution in [-0.4, -0.2) is 51.8 Å². The van der Waals surface area contributed by atoms with E-state index >= 15 is 0 Å². The lowest BCUT2D eigenvalue weighted by Gasteiger charge is -2.45. The first-order chi connectivity index (χ1) is 12.5. The second-order valence-corrected chi connectivity index (χ2v) is 8.05. The Labute approximate surface area is 161 Å². The van der Waals surface area contributed by atoms with E-state index in [1.807, 2.05) is 39.0 Å². The second-order valence-electron chi connectivity index (χ2n) is 8.05. The minimum absolute atomic E-state index is 0.00420. The molecule has 27 heavy (non-hydrogen) atoms. The lowest BCUT2D eigenvalue weighted by molar-refractivity contribution is -0.170. The predicted molar refractivity (Wildman–Crippen MR) is 103 cm³/mol. The normalized spacial score (nSPS) is 23.2. The van der Waals surface area contributed by atoms with Crippen LogP contribution in [0.25, 0.3) is 0 Å². The zero-order chi connectivity index (χ0) is 20.4. The van der Waals surface area contributed by atoms with E-state index in [4.69, 9.17) is 4.74 Å². The van der Waals surface area contributed by atoms with Crippen molar-refractivity contribution < 1.29 is 24.5 Å². The van der Waals surface area contributed by atoms with Crippen LogP contribution in [0.2, 0.25) is 0 Å². The lowest BCUT2D eigenvalue weighted by Crippen LogP contribution is -2.60. The maximum atomic E-state index is 13.2. The molecule has 1 amide bonds. The van der Waals surface area contributed by atoms with Crippen molar-refractivity contribution in [3.8, 4) is 5.75 Å². The van der Waals surface area contributed by atoms with Gasteiger partial charge < -0.3 is 19.8 Å². The number of benzene rings is 1. The first kappa shape index (κ1) is 21.2. The number of carboxylic acid groups (broad SMARTS) is 1. The van der Waals surface area contributed by atoms with Gasteiger partial charge in [0.05, 0.1) is 6.10 Å². The largest absolute Gasteiger partial charge is 0.481 e. The molecule has 1 aromatic rings. The number of carbonyl (C=O) groups is 2. The monoisotopic (exact) mass is 377 g/mol. The highest BCUT2D eigenvalue weighted by Gasteiger charge is 2.51. The van der Waals surface area contributed by atoms with Gasteiger partial charge in [-0.15, -0.1) is 0 Å². The Kier molecular flexibility index (Phi) is 6.20. The number of piperidine rings is 1. The molecule has 2 rings (SSSR count). The Morgan fingerprint density at radius 3 is 2.59 bits per heavy atom. The first-order valence-electron chi connectivity index (χ1n) is 9.51. The van der Waals surface area contributed by atoms with Crippen LogP contribution in [0.15, 0.2) is 18.2 Å². The summed E-state index contributed by atoms with van der Waals surface area (Å²) in [5.74, 6) is -0.678. The molecule has 1 saturated heterocycles. The van der Waals surface area contributed by atoms with Crippen molar-refractivity contribution in [2.75, 3.05) is 13.1 Å². The summed E-state index contributed by atoms with van der Waals surface area (Å²) in [4.78, 5) is 26.6. The molecule has 2 N–H and O–H groups in total. The number of amides is 1. The summed E-state index contributed by atoms with van der Waals surface area (Å²) in [6.07, 6.45) is 0.235. The van der Waals surface area contributed by atoms with Crippen LogP contribution >= 0.6 is 0 Å². The van der Waals surface area contributed by atoms with Crippen molar-refractivity contribution in [2.24, 2.45) is 5.41 Å². The first-order valence-corrected chi connectivity index (χ1v) is 9.51. The number of hydrogen-bond acceptors (Lipinski definition) is 4. The van der Waals surface area contributed by atoms with Gasteiger partial charge in [0.2, 0.25) is 0 Å². The van der Waals surface area contributed by atoms with Crippen molar-refractivity contribution in [3.63, 3.8) is 0 Å². The van der Waals surface area contributed by atoms with E-state index in [0.717, 1.165) is 11.1 Å². The SMILES string of the molecule is CCC[C@]1(C(=O)O)CN(C(=O)C(C)(C)Oc2cccc(C)c2C)CC[C@H]1O. The summed E-state index contributed by atoms with van der Waals surface area (Å²) in [6.45, 7) is 9.52. The van der Waals surface area contributed by atoms with E-state index in [9.17, 15) is 19.8 Å². The van der Waals surface area contributed by atoms with E-state index in [1.54, 1.807) is 13.8 Å². The Morgan fingerprint density at radius 2 is 2.00 bits per heavy atom. The van der Waals surface area contributed by atoms with Gasteiger partial charge in [0, 0.05) is 13.1 Å². The third-order valence-corrected chi connectivity index (χ3v) is 5.63. The number of aliphatic carboxylic acids is 1. The van der Waals surface area contributed by atoms with E-state index in [1.165, 1.54) is 4.90 Å². The predicted octanol–water partition coefficient (Wildman–Crippen LogP) is 2.93. The number of carbonyl (C=O) groups excluding carboxylic acids is 1. The lowest BCUT2D eigenvalue weighted by atomic mass is 9.73. The van der Waals surface area contributed by atoms with Gasteiger partial charge in [-0.05, 0) is 57.7 Å². The van der Waals surface area contributed by atoms with Gasteiger partial charge in [0.15, 0.2) is 5.60 Å². The number of aryl methyl sites for hydroxylation is 1. The van der Waals surface area contributed by atoms with Gasteiger partial charge >= 0.3 is 5.97 Å². The minimum Gasteiger partial charge on any atom is -0.481 e. The fraction of sp³-hybridized carbons (Fsp3) is 0.619. The van der Waals surface area contributed by atoms with Crippen molar-refractivity contribution in [2.45, 2.75) is 65.6 Å². The molecule has 0 bridgehead atoms. The van der Waals surface area contributed by atoms with Crippen molar-refractivity contribution in [1.82, 2.24) is 4.90 Å². The second kappa shape index (κ2) is 7.89. The molecule has 0 radical (unpaired) electrons. The molecule has 1 aliphatic heterocycles.